The highest BCUT2D eigenvalue weighted by Gasteiger charge is 2.16. The smallest absolute Gasteiger partial charge is 0.242 e. The molecule has 2 amide bonds. The second kappa shape index (κ2) is 11.6. The molecule has 118 valence electrons. The van der Waals surface area contributed by atoms with Gasteiger partial charge in [0.1, 0.15) is 6.04 Å². The molecular formula is C13H27N3O4. The summed E-state index contributed by atoms with van der Waals surface area (Å²) in [4.78, 5) is 22.9. The van der Waals surface area contributed by atoms with E-state index in [0.717, 1.165) is 13.0 Å². The molecule has 0 spiro atoms. The second-order valence-electron chi connectivity index (χ2n) is 4.53. The predicted molar refractivity (Wildman–Crippen MR) is 76.2 cm³/mol. The topological polar surface area (TPSA) is 103 Å². The molecule has 0 aromatic heterocycles. The van der Waals surface area contributed by atoms with Crippen molar-refractivity contribution in [2.45, 2.75) is 39.3 Å². The summed E-state index contributed by atoms with van der Waals surface area (Å²) in [5, 5.41) is 5.19. The minimum atomic E-state index is -0.628. The average Bonchev–Trinajstić information content (AvgIpc) is 2.41. The third-order valence-electron chi connectivity index (χ3n) is 2.43. The number of hydrogen-bond acceptors (Lipinski definition) is 5. The van der Waals surface area contributed by atoms with Gasteiger partial charge in [0.05, 0.1) is 25.9 Å². The van der Waals surface area contributed by atoms with Gasteiger partial charge in [-0.3, -0.25) is 9.59 Å². The predicted octanol–water partition coefficient (Wildman–Crippen LogP) is -0.602. The van der Waals surface area contributed by atoms with Gasteiger partial charge in [0.2, 0.25) is 11.8 Å². The van der Waals surface area contributed by atoms with Crippen molar-refractivity contribution in [3.05, 3.63) is 0 Å². The number of nitrogens with two attached hydrogens (primary N) is 1. The molecule has 0 fully saturated rings. The highest BCUT2D eigenvalue weighted by molar-refractivity contribution is 5.89. The lowest BCUT2D eigenvalue weighted by atomic mass is 10.2. The van der Waals surface area contributed by atoms with Gasteiger partial charge in [0.15, 0.2) is 0 Å². The maximum Gasteiger partial charge on any atom is 0.242 e. The maximum atomic E-state index is 11.6. The summed E-state index contributed by atoms with van der Waals surface area (Å²) in [5.74, 6) is -0.609. The largest absolute Gasteiger partial charge is 0.379 e. The van der Waals surface area contributed by atoms with E-state index in [9.17, 15) is 9.59 Å². The Labute approximate surface area is 120 Å². The molecule has 7 heteroatoms. The second-order valence-corrected chi connectivity index (χ2v) is 4.53. The Bertz CT molecular complexity index is 285. The quantitative estimate of drug-likeness (QED) is 0.441. The Morgan fingerprint density at radius 2 is 1.65 bits per heavy atom. The molecule has 0 radical (unpaired) electrons. The molecule has 20 heavy (non-hydrogen) atoms. The molecule has 0 aromatic carbocycles. The summed E-state index contributed by atoms with van der Waals surface area (Å²) in [6, 6.07) is -1.24. The summed E-state index contributed by atoms with van der Waals surface area (Å²) >= 11 is 0. The van der Waals surface area contributed by atoms with Gasteiger partial charge in [0.25, 0.3) is 0 Å². The van der Waals surface area contributed by atoms with Gasteiger partial charge in [0, 0.05) is 13.2 Å². The van der Waals surface area contributed by atoms with Crippen LogP contribution >= 0.6 is 0 Å². The van der Waals surface area contributed by atoms with Crippen LogP contribution in [0.4, 0.5) is 0 Å². The van der Waals surface area contributed by atoms with E-state index < -0.39 is 12.1 Å². The zero-order valence-electron chi connectivity index (χ0n) is 12.6. The number of carbonyl (C=O) groups is 2. The lowest BCUT2D eigenvalue weighted by Crippen LogP contribution is -2.49. The van der Waals surface area contributed by atoms with Gasteiger partial charge >= 0.3 is 0 Å². The van der Waals surface area contributed by atoms with Crippen LogP contribution in [0.15, 0.2) is 0 Å². The summed E-state index contributed by atoms with van der Waals surface area (Å²) in [6.45, 7) is 7.82. The molecule has 0 rings (SSSR count). The van der Waals surface area contributed by atoms with Crippen molar-refractivity contribution in [2.75, 3.05) is 33.0 Å². The zero-order valence-corrected chi connectivity index (χ0v) is 12.6. The first kappa shape index (κ1) is 18.8. The van der Waals surface area contributed by atoms with Gasteiger partial charge in [-0.25, -0.2) is 0 Å². The fourth-order valence-corrected chi connectivity index (χ4v) is 1.28. The third-order valence-corrected chi connectivity index (χ3v) is 2.43. The molecule has 7 nitrogen and oxygen atoms in total. The van der Waals surface area contributed by atoms with Crippen LogP contribution in [-0.2, 0) is 19.1 Å². The van der Waals surface area contributed by atoms with E-state index in [4.69, 9.17) is 15.2 Å². The lowest BCUT2D eigenvalue weighted by molar-refractivity contribution is -0.129. The van der Waals surface area contributed by atoms with Crippen molar-refractivity contribution in [1.82, 2.24) is 10.6 Å². The fraction of sp³-hybridized carbons (Fsp3) is 0.846. The first-order valence-corrected chi connectivity index (χ1v) is 6.98. The summed E-state index contributed by atoms with van der Waals surface area (Å²) in [6.07, 6.45) is 0.987. The molecule has 4 N–H and O–H groups in total. The maximum absolute atomic E-state index is 11.6. The first-order chi connectivity index (χ1) is 9.49. The van der Waals surface area contributed by atoms with Crippen LogP contribution in [0, 0.1) is 0 Å². The highest BCUT2D eigenvalue weighted by atomic mass is 16.5. The molecular weight excluding hydrogens is 262 g/mol. The van der Waals surface area contributed by atoms with Crippen molar-refractivity contribution in [1.29, 1.82) is 0 Å². The molecule has 0 aliphatic rings. The van der Waals surface area contributed by atoms with Crippen molar-refractivity contribution < 1.29 is 19.1 Å². The van der Waals surface area contributed by atoms with Crippen LogP contribution in [0.2, 0.25) is 0 Å². The molecule has 2 unspecified atom stereocenters. The third kappa shape index (κ3) is 9.71. The summed E-state index contributed by atoms with van der Waals surface area (Å²) in [7, 11) is 0. The van der Waals surface area contributed by atoms with Crippen molar-refractivity contribution in [3.8, 4) is 0 Å². The number of ether oxygens (including phenoxy) is 2. The van der Waals surface area contributed by atoms with Gasteiger partial charge in [-0.05, 0) is 20.3 Å². The SMILES string of the molecule is CCCOCCOCCNC(=O)C(C)NC(=O)C(C)N. The average molecular weight is 289 g/mol. The molecule has 0 saturated carbocycles. The fourth-order valence-electron chi connectivity index (χ4n) is 1.28. The number of amides is 2. The van der Waals surface area contributed by atoms with Crippen molar-refractivity contribution in [2.24, 2.45) is 5.73 Å². The van der Waals surface area contributed by atoms with Crippen LogP contribution in [0.25, 0.3) is 0 Å². The summed E-state index contributed by atoms with van der Waals surface area (Å²) in [5.41, 5.74) is 5.40. The van der Waals surface area contributed by atoms with Crippen LogP contribution in [0.3, 0.4) is 0 Å². The van der Waals surface area contributed by atoms with Crippen molar-refractivity contribution in [3.63, 3.8) is 0 Å². The standard InChI is InChI=1S/C13H27N3O4/c1-4-6-19-8-9-20-7-5-15-13(18)11(3)16-12(17)10(2)14/h10-11H,4-9,14H2,1-3H3,(H,15,18)(H,16,17). The molecule has 0 heterocycles. The van der Waals surface area contributed by atoms with E-state index in [2.05, 4.69) is 10.6 Å². The van der Waals surface area contributed by atoms with Gasteiger partial charge in [-0.2, -0.15) is 0 Å². The van der Waals surface area contributed by atoms with Crippen LogP contribution in [0.1, 0.15) is 27.2 Å². The lowest BCUT2D eigenvalue weighted by Gasteiger charge is -2.15. The van der Waals surface area contributed by atoms with E-state index in [1.807, 2.05) is 6.92 Å². The van der Waals surface area contributed by atoms with Gasteiger partial charge in [-0.15, -0.1) is 0 Å². The van der Waals surface area contributed by atoms with E-state index in [-0.39, 0.29) is 11.8 Å². The Kier molecular flexibility index (Phi) is 10.9. The normalized spacial score (nSPS) is 13.6. The Hall–Kier alpha value is -1.18. The highest BCUT2D eigenvalue weighted by Crippen LogP contribution is 1.85. The minimum Gasteiger partial charge on any atom is -0.379 e. The molecule has 0 saturated heterocycles. The monoisotopic (exact) mass is 289 g/mol. The van der Waals surface area contributed by atoms with E-state index in [0.29, 0.717) is 26.4 Å². The van der Waals surface area contributed by atoms with Gasteiger partial charge < -0.3 is 25.8 Å². The zero-order chi connectivity index (χ0) is 15.4. The van der Waals surface area contributed by atoms with Crippen LogP contribution < -0.4 is 16.4 Å². The van der Waals surface area contributed by atoms with Crippen LogP contribution in [0.5, 0.6) is 0 Å². The molecule has 0 aliphatic carbocycles. The number of nitrogens with one attached hydrogen (secondary N) is 2. The number of hydrogen-bond donors (Lipinski definition) is 3. The number of carbonyl (C=O) groups excluding carboxylic acids is 2. The van der Waals surface area contributed by atoms with Crippen molar-refractivity contribution >= 4 is 11.8 Å². The summed E-state index contributed by atoms with van der Waals surface area (Å²) < 4.78 is 10.5. The first-order valence-electron chi connectivity index (χ1n) is 6.98. The van der Waals surface area contributed by atoms with Crippen LogP contribution in [-0.4, -0.2) is 56.9 Å². The Morgan fingerprint density at radius 1 is 1.05 bits per heavy atom. The number of rotatable bonds is 11. The van der Waals surface area contributed by atoms with E-state index >= 15 is 0 Å². The molecule has 2 atom stereocenters. The van der Waals surface area contributed by atoms with Gasteiger partial charge in [-0.1, -0.05) is 6.92 Å². The molecule has 0 aromatic rings. The molecule has 0 aliphatic heterocycles. The van der Waals surface area contributed by atoms with E-state index in [1.165, 1.54) is 0 Å². The molecule has 0 bridgehead atoms. The Morgan fingerprint density at radius 3 is 2.20 bits per heavy atom. The minimum absolute atomic E-state index is 0.259. The van der Waals surface area contributed by atoms with E-state index in [1.54, 1.807) is 13.8 Å². The Balaban J connectivity index is 3.55.